The van der Waals surface area contributed by atoms with Gasteiger partial charge in [-0.3, -0.25) is 4.79 Å². The average molecular weight is 301 g/mol. The second-order valence-corrected chi connectivity index (χ2v) is 6.22. The van der Waals surface area contributed by atoms with Crippen LogP contribution in [0, 0.1) is 0 Å². The van der Waals surface area contributed by atoms with Crippen LogP contribution in [0.5, 0.6) is 0 Å². The van der Waals surface area contributed by atoms with E-state index < -0.39 is 0 Å². The maximum atomic E-state index is 11.0. The first-order valence-electron chi connectivity index (χ1n) is 7.29. The van der Waals surface area contributed by atoms with Crippen molar-refractivity contribution in [1.29, 1.82) is 0 Å². The summed E-state index contributed by atoms with van der Waals surface area (Å²) in [6, 6.07) is 8.23. The van der Waals surface area contributed by atoms with Crippen molar-refractivity contribution in [3.05, 3.63) is 34.7 Å². The Morgan fingerprint density at radius 3 is 2.81 bits per heavy atom. The molecule has 5 heteroatoms. The zero-order valence-corrected chi connectivity index (χ0v) is 12.9. The summed E-state index contributed by atoms with van der Waals surface area (Å²) in [6.07, 6.45) is 3.71. The van der Waals surface area contributed by atoms with E-state index in [9.17, 15) is 4.79 Å². The van der Waals surface area contributed by atoms with Crippen LogP contribution < -0.4 is 10.6 Å². The maximum Gasteiger partial charge on any atom is 0.221 e. The van der Waals surface area contributed by atoms with Gasteiger partial charge in [0.25, 0.3) is 0 Å². The van der Waals surface area contributed by atoms with E-state index in [0.29, 0.717) is 6.04 Å². The van der Waals surface area contributed by atoms with Crippen LogP contribution in [0.25, 0.3) is 11.3 Å². The Hall–Kier alpha value is -1.72. The van der Waals surface area contributed by atoms with Crippen molar-refractivity contribution in [2.45, 2.75) is 32.2 Å². The number of nitrogens with one attached hydrogen (secondary N) is 2. The summed E-state index contributed by atoms with van der Waals surface area (Å²) in [6.45, 7) is 2.60. The molecule has 3 rings (SSSR count). The summed E-state index contributed by atoms with van der Waals surface area (Å²) in [5, 5.41) is 9.59. The molecule has 1 aliphatic heterocycles. The number of anilines is 1. The van der Waals surface area contributed by atoms with Crippen molar-refractivity contribution in [3.8, 4) is 11.3 Å². The number of carbonyl (C=O) groups excluding carboxylic acids is 1. The van der Waals surface area contributed by atoms with E-state index in [2.05, 4.69) is 16.0 Å². The van der Waals surface area contributed by atoms with Crippen LogP contribution in [-0.4, -0.2) is 17.4 Å². The van der Waals surface area contributed by atoms with Gasteiger partial charge in [-0.25, -0.2) is 4.98 Å². The molecule has 0 unspecified atom stereocenters. The van der Waals surface area contributed by atoms with Gasteiger partial charge in [-0.15, -0.1) is 11.3 Å². The summed E-state index contributed by atoms with van der Waals surface area (Å²) in [5.41, 5.74) is 2.91. The Bertz CT molecular complexity index is 615. The largest absolute Gasteiger partial charge is 0.326 e. The van der Waals surface area contributed by atoms with Gasteiger partial charge >= 0.3 is 0 Å². The molecule has 0 radical (unpaired) electrons. The van der Waals surface area contributed by atoms with Crippen molar-refractivity contribution in [2.75, 3.05) is 11.9 Å². The van der Waals surface area contributed by atoms with Gasteiger partial charge in [0.1, 0.15) is 5.01 Å². The molecular weight excluding hydrogens is 282 g/mol. The second-order valence-electron chi connectivity index (χ2n) is 5.33. The molecule has 1 fully saturated rings. The molecule has 4 nitrogen and oxygen atoms in total. The number of aromatic nitrogens is 1. The number of piperidine rings is 1. The first-order valence-corrected chi connectivity index (χ1v) is 8.17. The normalized spacial score (nSPS) is 18.4. The van der Waals surface area contributed by atoms with Crippen molar-refractivity contribution in [1.82, 2.24) is 10.3 Å². The molecule has 0 saturated carbocycles. The first-order chi connectivity index (χ1) is 10.2. The Labute approximate surface area is 128 Å². The lowest BCUT2D eigenvalue weighted by Gasteiger charge is -2.21. The first kappa shape index (κ1) is 14.2. The number of carbonyl (C=O) groups is 1. The zero-order valence-electron chi connectivity index (χ0n) is 12.1. The Morgan fingerprint density at radius 2 is 2.14 bits per heavy atom. The number of thiazole rings is 1. The Morgan fingerprint density at radius 1 is 1.33 bits per heavy atom. The predicted molar refractivity (Wildman–Crippen MR) is 86.4 cm³/mol. The number of rotatable bonds is 3. The highest BCUT2D eigenvalue weighted by molar-refractivity contribution is 7.10. The zero-order chi connectivity index (χ0) is 14.7. The molecule has 110 valence electrons. The fourth-order valence-electron chi connectivity index (χ4n) is 2.57. The molecular formula is C16H19N3OS. The minimum atomic E-state index is -0.0536. The number of hydrogen-bond acceptors (Lipinski definition) is 4. The Kier molecular flexibility index (Phi) is 4.31. The van der Waals surface area contributed by atoms with Crippen LogP contribution in [0.4, 0.5) is 5.69 Å². The van der Waals surface area contributed by atoms with E-state index in [4.69, 9.17) is 4.98 Å². The van der Waals surface area contributed by atoms with Crippen molar-refractivity contribution in [3.63, 3.8) is 0 Å². The highest BCUT2D eigenvalue weighted by Gasteiger charge is 2.18. The molecule has 1 amide bonds. The third-order valence-electron chi connectivity index (χ3n) is 3.63. The van der Waals surface area contributed by atoms with Crippen LogP contribution in [0.1, 0.15) is 37.2 Å². The third kappa shape index (κ3) is 3.49. The molecule has 2 N–H and O–H groups in total. The van der Waals surface area contributed by atoms with Crippen LogP contribution in [0.15, 0.2) is 29.6 Å². The lowest BCUT2D eigenvalue weighted by atomic mass is 10.1. The second kappa shape index (κ2) is 6.37. The molecule has 0 bridgehead atoms. The predicted octanol–water partition coefficient (Wildman–Crippen LogP) is 3.58. The van der Waals surface area contributed by atoms with E-state index in [1.165, 1.54) is 31.2 Å². The third-order valence-corrected chi connectivity index (χ3v) is 4.59. The molecule has 0 spiro atoms. The molecule has 1 aromatic carbocycles. The smallest absolute Gasteiger partial charge is 0.221 e. The van der Waals surface area contributed by atoms with Gasteiger partial charge in [-0.1, -0.05) is 18.6 Å². The maximum absolute atomic E-state index is 11.0. The lowest BCUT2D eigenvalue weighted by Crippen LogP contribution is -2.26. The van der Waals surface area contributed by atoms with Gasteiger partial charge in [-0.05, 0) is 31.5 Å². The highest BCUT2D eigenvalue weighted by Crippen LogP contribution is 2.29. The molecule has 1 aromatic heterocycles. The Balaban J connectivity index is 1.74. The summed E-state index contributed by atoms with van der Waals surface area (Å²) in [4.78, 5) is 15.8. The van der Waals surface area contributed by atoms with Crippen LogP contribution in [-0.2, 0) is 4.79 Å². The number of hydrogen-bond donors (Lipinski definition) is 2. The molecule has 0 aliphatic carbocycles. The minimum Gasteiger partial charge on any atom is -0.326 e. The monoisotopic (exact) mass is 301 g/mol. The van der Waals surface area contributed by atoms with Gasteiger partial charge in [0.15, 0.2) is 0 Å². The SMILES string of the molecule is CC(=O)Nc1ccc(-c2csc([C@H]3CCCCN3)n2)cc1. The van der Waals surface area contributed by atoms with Crippen molar-refractivity contribution in [2.24, 2.45) is 0 Å². The molecule has 2 aromatic rings. The van der Waals surface area contributed by atoms with E-state index >= 15 is 0 Å². The molecule has 1 saturated heterocycles. The van der Waals surface area contributed by atoms with E-state index in [1.54, 1.807) is 11.3 Å². The standard InChI is InChI=1S/C16H19N3OS/c1-11(20)18-13-7-5-12(6-8-13)15-10-21-16(19-15)14-4-2-3-9-17-14/h5-8,10,14,17H,2-4,9H2,1H3,(H,18,20)/t14-/m1/s1. The van der Waals surface area contributed by atoms with Crippen LogP contribution in [0.3, 0.4) is 0 Å². The van der Waals surface area contributed by atoms with Gasteiger partial charge in [-0.2, -0.15) is 0 Å². The minimum absolute atomic E-state index is 0.0536. The van der Waals surface area contributed by atoms with Gasteiger partial charge in [0.05, 0.1) is 11.7 Å². The number of amides is 1. The van der Waals surface area contributed by atoms with Crippen molar-refractivity contribution < 1.29 is 4.79 Å². The molecule has 2 heterocycles. The summed E-state index contributed by atoms with van der Waals surface area (Å²) < 4.78 is 0. The van der Waals surface area contributed by atoms with E-state index in [0.717, 1.165) is 23.5 Å². The quantitative estimate of drug-likeness (QED) is 0.911. The summed E-state index contributed by atoms with van der Waals surface area (Å²) in [5.74, 6) is -0.0536. The number of nitrogens with zero attached hydrogens (tertiary/aromatic N) is 1. The van der Waals surface area contributed by atoms with Crippen LogP contribution >= 0.6 is 11.3 Å². The number of benzene rings is 1. The molecule has 1 atom stereocenters. The topological polar surface area (TPSA) is 54.0 Å². The van der Waals surface area contributed by atoms with E-state index in [1.807, 2.05) is 24.3 Å². The van der Waals surface area contributed by atoms with Gasteiger partial charge in [0, 0.05) is 23.6 Å². The fraction of sp³-hybridized carbons (Fsp3) is 0.375. The highest BCUT2D eigenvalue weighted by atomic mass is 32.1. The van der Waals surface area contributed by atoms with Gasteiger partial charge < -0.3 is 10.6 Å². The van der Waals surface area contributed by atoms with Crippen molar-refractivity contribution >= 4 is 22.9 Å². The summed E-state index contributed by atoms with van der Waals surface area (Å²) >= 11 is 1.72. The lowest BCUT2D eigenvalue weighted by molar-refractivity contribution is -0.114. The average Bonchev–Trinajstić information content (AvgIpc) is 2.98. The van der Waals surface area contributed by atoms with E-state index in [-0.39, 0.29) is 5.91 Å². The van der Waals surface area contributed by atoms with Gasteiger partial charge in [0.2, 0.25) is 5.91 Å². The fourth-order valence-corrected chi connectivity index (χ4v) is 3.51. The van der Waals surface area contributed by atoms with Crippen LogP contribution in [0.2, 0.25) is 0 Å². The molecule has 1 aliphatic rings. The summed E-state index contributed by atoms with van der Waals surface area (Å²) in [7, 11) is 0. The molecule has 21 heavy (non-hydrogen) atoms.